The molecule has 3 heterocycles. The number of anilines is 2. The van der Waals surface area contributed by atoms with Crippen LogP contribution in [0.2, 0.25) is 0 Å². The fraction of sp³-hybridized carbons (Fsp3) is 0.250. The number of ether oxygens (including phenoxy) is 2. The number of para-hydroxylation sites is 1. The molecule has 2 atom stereocenters. The largest absolute Gasteiger partial charge is 0.417 e. The van der Waals surface area contributed by atoms with Gasteiger partial charge in [-0.1, -0.05) is 48.5 Å². The number of halogens is 3. The Hall–Kier alpha value is -4.78. The zero-order valence-electron chi connectivity index (χ0n) is 21.9. The zero-order chi connectivity index (χ0) is 29.1. The molecule has 2 aromatic carbocycles. The Labute approximate surface area is 233 Å². The van der Waals surface area contributed by atoms with E-state index in [2.05, 4.69) is 20.3 Å². The number of benzene rings is 2. The number of nitrogens with two attached hydrogens (primary N) is 1. The highest BCUT2D eigenvalue weighted by Gasteiger charge is 2.34. The van der Waals surface area contributed by atoms with Crippen molar-refractivity contribution in [3.63, 3.8) is 0 Å². The highest BCUT2D eigenvalue weighted by Crippen LogP contribution is 2.33. The first-order chi connectivity index (χ1) is 19.6. The molecule has 1 saturated heterocycles. The van der Waals surface area contributed by atoms with E-state index in [-0.39, 0.29) is 37.2 Å². The molecule has 1 fully saturated rings. The van der Waals surface area contributed by atoms with E-state index in [1.165, 1.54) is 0 Å². The lowest BCUT2D eigenvalue weighted by molar-refractivity contribution is -0.137. The lowest BCUT2D eigenvalue weighted by Gasteiger charge is -2.34. The molecule has 0 spiro atoms. The first-order valence-corrected chi connectivity index (χ1v) is 12.7. The van der Waals surface area contributed by atoms with Crippen molar-refractivity contribution in [3.8, 4) is 0 Å². The number of nitrogens with zero attached hydrogens (tertiary/aromatic N) is 4. The third-order valence-electron chi connectivity index (χ3n) is 6.42. The second kappa shape index (κ2) is 11.4. The topological polar surface area (TPSA) is 138 Å². The average molecular weight is 566 g/mol. The molecule has 0 aliphatic carbocycles. The van der Waals surface area contributed by atoms with E-state index < -0.39 is 35.7 Å². The summed E-state index contributed by atoms with van der Waals surface area (Å²) in [6, 6.07) is 16.7. The number of aliphatic imine (C=N–C) groups is 2. The van der Waals surface area contributed by atoms with Crippen molar-refractivity contribution < 1.29 is 27.4 Å². The Morgan fingerprint density at radius 3 is 2.66 bits per heavy atom. The van der Waals surface area contributed by atoms with Gasteiger partial charge in [0.1, 0.15) is 5.69 Å². The van der Waals surface area contributed by atoms with Crippen LogP contribution in [-0.4, -0.2) is 60.5 Å². The number of alkyl halides is 3. The number of amidine groups is 1. The number of morpholine rings is 1. The minimum absolute atomic E-state index is 0.0415. The van der Waals surface area contributed by atoms with Crippen LogP contribution in [0.5, 0.6) is 0 Å². The predicted molar refractivity (Wildman–Crippen MR) is 147 cm³/mol. The third kappa shape index (κ3) is 6.19. The van der Waals surface area contributed by atoms with Crippen LogP contribution in [0, 0.1) is 5.41 Å². The Morgan fingerprint density at radius 1 is 1.20 bits per heavy atom. The average Bonchev–Trinajstić information content (AvgIpc) is 3.08. The summed E-state index contributed by atoms with van der Waals surface area (Å²) in [5, 5.41) is 11.2. The fourth-order valence-corrected chi connectivity index (χ4v) is 4.52. The standard InChI is InChI=1S/C28H26F3N7O3/c1-16-15-38(11-12-40-16)21-13-18(28(29,30)31)14-34-23(21)24(32)41-27(33)37-25-26(39)35-20-10-6-5-9-19(20)22(36-25)17-7-3-2-4-8-17/h2-10,13-14,16,25,32H,11-12,15H2,1H3,(H2,33,37)(H,35,39). The van der Waals surface area contributed by atoms with Gasteiger partial charge in [0.2, 0.25) is 12.1 Å². The van der Waals surface area contributed by atoms with Gasteiger partial charge >= 0.3 is 6.18 Å². The molecule has 2 aliphatic rings. The fourth-order valence-electron chi connectivity index (χ4n) is 4.52. The van der Waals surface area contributed by atoms with Gasteiger partial charge in [0.05, 0.1) is 35.4 Å². The van der Waals surface area contributed by atoms with Crippen molar-refractivity contribution in [1.29, 1.82) is 5.41 Å². The number of amides is 1. The number of carbonyl (C=O) groups excluding carboxylic acids is 1. The molecule has 2 unspecified atom stereocenters. The summed E-state index contributed by atoms with van der Waals surface area (Å²) >= 11 is 0. The van der Waals surface area contributed by atoms with Crippen LogP contribution in [0.3, 0.4) is 0 Å². The van der Waals surface area contributed by atoms with E-state index in [1.807, 2.05) is 42.5 Å². The van der Waals surface area contributed by atoms with Crippen molar-refractivity contribution in [3.05, 3.63) is 89.2 Å². The van der Waals surface area contributed by atoms with E-state index in [0.29, 0.717) is 23.2 Å². The summed E-state index contributed by atoms with van der Waals surface area (Å²) in [4.78, 5) is 27.2. The Balaban J connectivity index is 1.46. The Morgan fingerprint density at radius 2 is 1.93 bits per heavy atom. The van der Waals surface area contributed by atoms with Gasteiger partial charge in [-0.3, -0.25) is 10.2 Å². The number of hydrogen-bond donors (Lipinski definition) is 3. The van der Waals surface area contributed by atoms with Gasteiger partial charge in [-0.25, -0.2) is 9.98 Å². The summed E-state index contributed by atoms with van der Waals surface area (Å²) in [5.41, 5.74) is 7.33. The normalized spacial score (nSPS) is 19.5. The number of hydrogen-bond acceptors (Lipinski definition) is 8. The van der Waals surface area contributed by atoms with Gasteiger partial charge in [0.15, 0.2) is 0 Å². The number of fused-ring (bicyclic) bond motifs is 1. The minimum atomic E-state index is -4.64. The summed E-state index contributed by atoms with van der Waals surface area (Å²) in [6.07, 6.45) is -5.63. The smallest absolute Gasteiger partial charge is 0.405 e. The predicted octanol–water partition coefficient (Wildman–Crippen LogP) is 3.80. The van der Waals surface area contributed by atoms with Crippen LogP contribution in [0.4, 0.5) is 24.5 Å². The molecule has 41 heavy (non-hydrogen) atoms. The monoisotopic (exact) mass is 565 g/mol. The van der Waals surface area contributed by atoms with Gasteiger partial charge in [0.25, 0.3) is 11.9 Å². The lowest BCUT2D eigenvalue weighted by atomic mass is 10.0. The van der Waals surface area contributed by atoms with Gasteiger partial charge in [-0.05, 0) is 19.1 Å². The summed E-state index contributed by atoms with van der Waals surface area (Å²) in [7, 11) is 0. The van der Waals surface area contributed by atoms with Crippen molar-refractivity contribution in [1.82, 2.24) is 4.98 Å². The number of aromatic nitrogens is 1. The molecule has 0 bridgehead atoms. The van der Waals surface area contributed by atoms with E-state index in [9.17, 15) is 18.0 Å². The number of benzodiazepines with no additional fused rings is 1. The highest BCUT2D eigenvalue weighted by atomic mass is 19.4. The first-order valence-electron chi connectivity index (χ1n) is 12.7. The van der Waals surface area contributed by atoms with E-state index in [4.69, 9.17) is 20.6 Å². The SMILES string of the molecule is CC1CN(c2cc(C(F)(F)F)cnc2C(=N)OC(N)=NC2N=C(c3ccccc3)c3ccccc3NC2=O)CCO1. The molecule has 4 N–H and O–H groups in total. The zero-order valence-corrected chi connectivity index (χ0v) is 21.9. The molecule has 3 aromatic rings. The molecule has 212 valence electrons. The van der Waals surface area contributed by atoms with Crippen LogP contribution in [-0.2, 0) is 20.4 Å². The number of pyridine rings is 1. The van der Waals surface area contributed by atoms with Crippen LogP contribution in [0.1, 0.15) is 29.3 Å². The van der Waals surface area contributed by atoms with Crippen molar-refractivity contribution >= 4 is 34.9 Å². The molecule has 13 heteroatoms. The Bertz CT molecular complexity index is 1530. The molecular formula is C28H26F3N7O3. The lowest BCUT2D eigenvalue weighted by Crippen LogP contribution is -2.42. The Kier molecular flexibility index (Phi) is 7.70. The summed E-state index contributed by atoms with van der Waals surface area (Å²) < 4.78 is 51.3. The van der Waals surface area contributed by atoms with Crippen LogP contribution >= 0.6 is 0 Å². The van der Waals surface area contributed by atoms with Crippen LogP contribution in [0.15, 0.2) is 76.8 Å². The number of nitrogens with one attached hydrogen (secondary N) is 2. The van der Waals surface area contributed by atoms with Crippen molar-refractivity contribution in [2.75, 3.05) is 29.9 Å². The maximum atomic E-state index is 13.5. The molecule has 5 rings (SSSR count). The van der Waals surface area contributed by atoms with Gasteiger partial charge in [-0.15, -0.1) is 0 Å². The quantitative estimate of drug-likeness (QED) is 0.325. The van der Waals surface area contributed by atoms with Gasteiger partial charge in [-0.2, -0.15) is 18.2 Å². The molecule has 1 amide bonds. The molecule has 0 radical (unpaired) electrons. The second-order valence-corrected chi connectivity index (χ2v) is 9.37. The number of carbonyl (C=O) groups is 1. The van der Waals surface area contributed by atoms with E-state index >= 15 is 0 Å². The minimum Gasteiger partial charge on any atom is -0.405 e. The highest BCUT2D eigenvalue weighted by molar-refractivity contribution is 6.19. The van der Waals surface area contributed by atoms with Crippen molar-refractivity contribution in [2.24, 2.45) is 15.7 Å². The number of rotatable bonds is 4. The second-order valence-electron chi connectivity index (χ2n) is 9.37. The molecule has 2 aliphatic heterocycles. The third-order valence-corrected chi connectivity index (χ3v) is 6.42. The molecule has 1 aromatic heterocycles. The van der Waals surface area contributed by atoms with Crippen LogP contribution < -0.4 is 16.0 Å². The molecular weight excluding hydrogens is 539 g/mol. The summed E-state index contributed by atoms with van der Waals surface area (Å²) in [6.45, 7) is 2.65. The molecule has 10 nitrogen and oxygen atoms in total. The first kappa shape index (κ1) is 27.8. The van der Waals surface area contributed by atoms with E-state index in [1.54, 1.807) is 24.0 Å². The maximum Gasteiger partial charge on any atom is 0.417 e. The van der Waals surface area contributed by atoms with Gasteiger partial charge < -0.3 is 25.4 Å². The summed E-state index contributed by atoms with van der Waals surface area (Å²) in [5.74, 6) is -1.23. The maximum absolute atomic E-state index is 13.5. The van der Waals surface area contributed by atoms with Crippen molar-refractivity contribution in [2.45, 2.75) is 25.4 Å². The van der Waals surface area contributed by atoms with E-state index in [0.717, 1.165) is 11.6 Å². The van der Waals surface area contributed by atoms with Gasteiger partial charge in [0, 0.05) is 30.4 Å². The molecule has 0 saturated carbocycles. The van der Waals surface area contributed by atoms with Crippen LogP contribution in [0.25, 0.3) is 0 Å².